The van der Waals surface area contributed by atoms with Crippen molar-refractivity contribution in [3.8, 4) is 0 Å². The fourth-order valence-corrected chi connectivity index (χ4v) is 1.78. The maximum absolute atomic E-state index is 5.81. The second kappa shape index (κ2) is 3.50. The summed E-state index contributed by atoms with van der Waals surface area (Å²) < 4.78 is 0. The molecule has 2 nitrogen and oxygen atoms in total. The minimum Gasteiger partial charge on any atom is -0.326 e. The molecule has 54 valence electrons. The molecule has 1 rings (SSSR count). The fourth-order valence-electron chi connectivity index (χ4n) is 1.37. The number of rotatable bonds is 1. The molecule has 0 saturated heterocycles. The van der Waals surface area contributed by atoms with Crippen LogP contribution in [0.4, 0.5) is 0 Å². The maximum atomic E-state index is 5.81. The van der Waals surface area contributed by atoms with Crippen LogP contribution in [0.3, 0.4) is 0 Å². The van der Waals surface area contributed by atoms with Gasteiger partial charge in [0, 0.05) is 12.1 Å². The van der Waals surface area contributed by atoms with Crippen LogP contribution in [-0.4, -0.2) is 12.1 Å². The Labute approximate surface area is 58.8 Å². The van der Waals surface area contributed by atoms with Gasteiger partial charge in [-0.05, 0) is 12.8 Å². The quantitative estimate of drug-likeness (QED) is 0.533. The van der Waals surface area contributed by atoms with Crippen molar-refractivity contribution in [2.75, 3.05) is 0 Å². The van der Waals surface area contributed by atoms with Gasteiger partial charge in [0.2, 0.25) is 0 Å². The van der Waals surface area contributed by atoms with Gasteiger partial charge in [-0.15, -0.1) is 0 Å². The number of hydrogen-bond donors (Lipinski definition) is 2. The summed E-state index contributed by atoms with van der Waals surface area (Å²) in [5, 5.41) is 3.15. The summed E-state index contributed by atoms with van der Waals surface area (Å²) >= 11 is 0. The Kier molecular flexibility index (Phi) is 2.90. The van der Waals surface area contributed by atoms with Gasteiger partial charge in [-0.25, -0.2) is 0 Å². The van der Waals surface area contributed by atoms with E-state index in [0.29, 0.717) is 12.1 Å². The number of nitrogens with two attached hydrogens (primary N) is 1. The minimum absolute atomic E-state index is 0.385. The third-order valence-corrected chi connectivity index (χ3v) is 2.46. The Hall–Kier alpha value is 0.350. The van der Waals surface area contributed by atoms with Crippen LogP contribution < -0.4 is 10.8 Å². The Balaban J connectivity index is 2.30. The average Bonchev–Trinajstić information content (AvgIpc) is 1.89. The highest BCUT2D eigenvalue weighted by molar-refractivity contribution is 7.13. The van der Waals surface area contributed by atoms with Crippen molar-refractivity contribution in [3.63, 3.8) is 0 Å². The van der Waals surface area contributed by atoms with Crippen LogP contribution in [0.15, 0.2) is 0 Å². The smallest absolute Gasteiger partial charge is 0.0250 e. The molecule has 9 heavy (non-hydrogen) atoms. The molecule has 3 atom stereocenters. The Morgan fingerprint density at radius 3 is 2.44 bits per heavy atom. The second-order valence-electron chi connectivity index (χ2n) is 2.72. The highest BCUT2D eigenvalue weighted by atomic mass is 31.0. The van der Waals surface area contributed by atoms with Crippen LogP contribution in [0, 0.1) is 0 Å². The average molecular weight is 146 g/mol. The first-order valence-corrected chi connectivity index (χ1v) is 4.14. The SMILES string of the molecule is N[C@@H]1CCCC[C@@H]1NP. The van der Waals surface area contributed by atoms with Gasteiger partial charge in [0.05, 0.1) is 0 Å². The van der Waals surface area contributed by atoms with E-state index in [1.807, 2.05) is 0 Å². The molecule has 1 aliphatic carbocycles. The van der Waals surface area contributed by atoms with Gasteiger partial charge in [-0.2, -0.15) is 0 Å². The molecule has 1 saturated carbocycles. The molecular weight excluding hydrogens is 131 g/mol. The Bertz CT molecular complexity index is 87.1. The van der Waals surface area contributed by atoms with Gasteiger partial charge in [0.25, 0.3) is 0 Å². The molecule has 1 unspecified atom stereocenters. The first-order chi connectivity index (χ1) is 4.34. The molecule has 0 heterocycles. The van der Waals surface area contributed by atoms with Crippen molar-refractivity contribution in [1.29, 1.82) is 0 Å². The third-order valence-electron chi connectivity index (χ3n) is 2.03. The van der Waals surface area contributed by atoms with Crippen molar-refractivity contribution < 1.29 is 0 Å². The molecule has 3 heteroatoms. The van der Waals surface area contributed by atoms with Gasteiger partial charge >= 0.3 is 0 Å². The van der Waals surface area contributed by atoms with E-state index in [1.54, 1.807) is 0 Å². The van der Waals surface area contributed by atoms with E-state index >= 15 is 0 Å². The van der Waals surface area contributed by atoms with E-state index in [4.69, 9.17) is 5.73 Å². The molecule has 0 bridgehead atoms. The molecule has 0 aromatic heterocycles. The van der Waals surface area contributed by atoms with E-state index in [2.05, 4.69) is 14.5 Å². The van der Waals surface area contributed by atoms with Crippen molar-refractivity contribution in [2.45, 2.75) is 37.8 Å². The maximum Gasteiger partial charge on any atom is 0.0250 e. The van der Waals surface area contributed by atoms with Crippen molar-refractivity contribution >= 4 is 9.39 Å². The van der Waals surface area contributed by atoms with Crippen LogP contribution >= 0.6 is 9.39 Å². The van der Waals surface area contributed by atoms with Gasteiger partial charge in [0.1, 0.15) is 0 Å². The van der Waals surface area contributed by atoms with Crippen molar-refractivity contribution in [2.24, 2.45) is 5.73 Å². The molecular formula is C6H15N2P. The largest absolute Gasteiger partial charge is 0.326 e. The van der Waals surface area contributed by atoms with Gasteiger partial charge in [-0.1, -0.05) is 22.2 Å². The van der Waals surface area contributed by atoms with E-state index in [-0.39, 0.29) is 0 Å². The van der Waals surface area contributed by atoms with Crippen LogP contribution in [0.5, 0.6) is 0 Å². The van der Waals surface area contributed by atoms with Crippen molar-refractivity contribution in [1.82, 2.24) is 5.09 Å². The van der Waals surface area contributed by atoms with Gasteiger partial charge in [0.15, 0.2) is 0 Å². The summed E-state index contributed by atoms with van der Waals surface area (Å²) in [6.07, 6.45) is 5.07. The number of hydrogen-bond acceptors (Lipinski definition) is 2. The van der Waals surface area contributed by atoms with E-state index < -0.39 is 0 Å². The predicted molar refractivity (Wildman–Crippen MR) is 43.1 cm³/mol. The summed E-state index contributed by atoms with van der Waals surface area (Å²) in [6.45, 7) is 0. The summed E-state index contributed by atoms with van der Waals surface area (Å²) in [5.41, 5.74) is 5.81. The minimum atomic E-state index is 0.385. The Morgan fingerprint density at radius 2 is 2.00 bits per heavy atom. The lowest BCUT2D eigenvalue weighted by Gasteiger charge is -2.27. The lowest BCUT2D eigenvalue weighted by molar-refractivity contribution is 0.368. The van der Waals surface area contributed by atoms with Crippen LogP contribution in [0.2, 0.25) is 0 Å². The van der Waals surface area contributed by atoms with Crippen LogP contribution in [0.1, 0.15) is 25.7 Å². The summed E-state index contributed by atoms with van der Waals surface area (Å²) in [4.78, 5) is 0. The molecule has 0 aromatic rings. The van der Waals surface area contributed by atoms with E-state index in [0.717, 1.165) is 0 Å². The lowest BCUT2D eigenvalue weighted by Crippen LogP contribution is -2.43. The highest BCUT2D eigenvalue weighted by Gasteiger charge is 2.19. The van der Waals surface area contributed by atoms with Crippen LogP contribution in [0.25, 0.3) is 0 Å². The Morgan fingerprint density at radius 1 is 1.33 bits per heavy atom. The first kappa shape index (κ1) is 7.46. The highest BCUT2D eigenvalue weighted by Crippen LogP contribution is 2.17. The molecule has 0 radical (unpaired) electrons. The monoisotopic (exact) mass is 146 g/mol. The van der Waals surface area contributed by atoms with E-state index in [1.165, 1.54) is 25.7 Å². The number of nitrogens with one attached hydrogen (secondary N) is 1. The predicted octanol–water partition coefficient (Wildman–Crippen LogP) is 0.636. The lowest BCUT2D eigenvalue weighted by atomic mass is 9.92. The van der Waals surface area contributed by atoms with Crippen molar-refractivity contribution in [3.05, 3.63) is 0 Å². The van der Waals surface area contributed by atoms with Gasteiger partial charge < -0.3 is 5.73 Å². The standard InChI is InChI=1S/C6H15N2P/c7-5-3-1-2-4-6(5)8-9/h5-6,8H,1-4,7,9H2/t5-,6+/m1/s1. The molecule has 1 fully saturated rings. The third kappa shape index (κ3) is 1.89. The zero-order chi connectivity index (χ0) is 6.69. The zero-order valence-corrected chi connectivity index (χ0v) is 6.79. The molecule has 0 aromatic carbocycles. The fraction of sp³-hybridized carbons (Fsp3) is 1.00. The van der Waals surface area contributed by atoms with Crippen LogP contribution in [-0.2, 0) is 0 Å². The molecule has 0 amide bonds. The second-order valence-corrected chi connectivity index (χ2v) is 3.05. The zero-order valence-electron chi connectivity index (χ0n) is 5.64. The van der Waals surface area contributed by atoms with Gasteiger partial charge in [-0.3, -0.25) is 5.09 Å². The molecule has 0 spiro atoms. The normalized spacial score (nSPS) is 36.7. The summed E-state index contributed by atoms with van der Waals surface area (Å²) in [5.74, 6) is 0. The molecule has 1 aliphatic rings. The molecule has 3 N–H and O–H groups in total. The topological polar surface area (TPSA) is 38.0 Å². The summed E-state index contributed by atoms with van der Waals surface area (Å²) in [6, 6.07) is 0.931. The summed E-state index contributed by atoms with van der Waals surface area (Å²) in [7, 11) is 2.54. The first-order valence-electron chi connectivity index (χ1n) is 3.56. The van der Waals surface area contributed by atoms with E-state index in [9.17, 15) is 0 Å². The molecule has 0 aliphatic heterocycles.